The highest BCUT2D eigenvalue weighted by Crippen LogP contribution is 2.46. The summed E-state index contributed by atoms with van der Waals surface area (Å²) < 4.78 is 2.51. The molecule has 0 aliphatic rings. The molecule has 3 heterocycles. The maximum absolute atomic E-state index is 5.50. The largest absolute Gasteiger partial charge is 0.247 e. The van der Waals surface area contributed by atoms with Crippen LogP contribution in [0.4, 0.5) is 0 Å². The second-order valence-electron chi connectivity index (χ2n) is 12.8. The first kappa shape index (κ1) is 29.4. The fraction of sp³-hybridized carbons (Fsp3) is 0. The number of aromatic nitrogens is 3. The van der Waals surface area contributed by atoms with Crippen LogP contribution in [0.1, 0.15) is 0 Å². The molecule has 0 saturated heterocycles. The average molecular weight is 668 g/mol. The molecule has 0 amide bonds. The van der Waals surface area contributed by atoms with Crippen molar-refractivity contribution in [2.75, 3.05) is 0 Å². The summed E-state index contributed by atoms with van der Waals surface area (Å²) in [5.41, 5.74) is 10.3. The molecule has 51 heavy (non-hydrogen) atoms. The summed E-state index contributed by atoms with van der Waals surface area (Å²) in [5.74, 6) is 0.702. The van der Waals surface area contributed by atoms with E-state index in [0.717, 1.165) is 44.9 Å². The van der Waals surface area contributed by atoms with Gasteiger partial charge in [-0.1, -0.05) is 152 Å². The van der Waals surface area contributed by atoms with E-state index in [9.17, 15) is 0 Å². The van der Waals surface area contributed by atoms with Crippen molar-refractivity contribution in [1.82, 2.24) is 15.0 Å². The normalized spacial score (nSPS) is 11.5. The molecule has 3 aromatic heterocycles. The van der Waals surface area contributed by atoms with Crippen molar-refractivity contribution in [2.45, 2.75) is 0 Å². The highest BCUT2D eigenvalue weighted by atomic mass is 32.1. The third kappa shape index (κ3) is 5.08. The molecule has 3 nitrogen and oxygen atoms in total. The Morgan fingerprint density at radius 1 is 0.392 bits per heavy atom. The van der Waals surface area contributed by atoms with Crippen molar-refractivity contribution in [3.63, 3.8) is 0 Å². The molecule has 0 spiro atoms. The Morgan fingerprint density at radius 2 is 1.00 bits per heavy atom. The van der Waals surface area contributed by atoms with Gasteiger partial charge >= 0.3 is 0 Å². The fourth-order valence-electron chi connectivity index (χ4n) is 7.29. The van der Waals surface area contributed by atoms with Crippen LogP contribution in [0, 0.1) is 0 Å². The van der Waals surface area contributed by atoms with E-state index < -0.39 is 0 Å². The van der Waals surface area contributed by atoms with E-state index >= 15 is 0 Å². The van der Waals surface area contributed by atoms with Crippen LogP contribution in [0.2, 0.25) is 0 Å². The van der Waals surface area contributed by atoms with Crippen LogP contribution in [-0.2, 0) is 0 Å². The summed E-state index contributed by atoms with van der Waals surface area (Å²) >= 11 is 1.85. The lowest BCUT2D eigenvalue weighted by Gasteiger charge is -2.14. The number of thiophene rings is 1. The summed E-state index contributed by atoms with van der Waals surface area (Å²) in [7, 11) is 0. The number of pyridine rings is 1. The smallest absolute Gasteiger partial charge is 0.160 e. The number of rotatable bonds is 5. The minimum Gasteiger partial charge on any atom is -0.247 e. The van der Waals surface area contributed by atoms with E-state index in [-0.39, 0.29) is 0 Å². The van der Waals surface area contributed by atoms with Gasteiger partial charge in [-0.05, 0) is 46.2 Å². The van der Waals surface area contributed by atoms with Gasteiger partial charge in [-0.25, -0.2) is 15.0 Å². The lowest BCUT2D eigenvalue weighted by atomic mass is 9.93. The van der Waals surface area contributed by atoms with Gasteiger partial charge in [0, 0.05) is 47.8 Å². The Morgan fingerprint density at radius 3 is 1.84 bits per heavy atom. The SMILES string of the molecule is c1ccc(-c2cc(-c3cccc(-c4nc5cccc(-c6cccc7ccccc67)c5c5sc6ccccc6c45)c3)nc(-c3ccccc3)n2)cc1. The topological polar surface area (TPSA) is 38.7 Å². The molecule has 0 fully saturated rings. The molecule has 10 rings (SSSR count). The maximum Gasteiger partial charge on any atom is 0.160 e. The van der Waals surface area contributed by atoms with Crippen LogP contribution >= 0.6 is 11.3 Å². The predicted octanol–water partition coefficient (Wildman–Crippen LogP) is 12.9. The van der Waals surface area contributed by atoms with Crippen molar-refractivity contribution >= 4 is 53.2 Å². The van der Waals surface area contributed by atoms with Crippen LogP contribution in [0.15, 0.2) is 176 Å². The summed E-state index contributed by atoms with van der Waals surface area (Å²) in [4.78, 5) is 15.6. The van der Waals surface area contributed by atoms with Gasteiger partial charge in [-0.15, -0.1) is 11.3 Å². The van der Waals surface area contributed by atoms with Gasteiger partial charge in [0.15, 0.2) is 5.82 Å². The minimum atomic E-state index is 0.702. The summed E-state index contributed by atoms with van der Waals surface area (Å²) in [5, 5.41) is 6.08. The lowest BCUT2D eigenvalue weighted by Crippen LogP contribution is -1.96. The average Bonchev–Trinajstić information content (AvgIpc) is 3.60. The molecule has 0 aliphatic carbocycles. The predicted molar refractivity (Wildman–Crippen MR) is 215 cm³/mol. The van der Waals surface area contributed by atoms with Crippen molar-refractivity contribution in [3.8, 4) is 56.3 Å². The van der Waals surface area contributed by atoms with Crippen molar-refractivity contribution < 1.29 is 0 Å². The first-order chi connectivity index (χ1) is 25.3. The zero-order chi connectivity index (χ0) is 33.7. The van der Waals surface area contributed by atoms with Gasteiger partial charge in [-0.3, -0.25) is 0 Å². The van der Waals surface area contributed by atoms with E-state index in [2.05, 4.69) is 140 Å². The Labute approximate surface area is 299 Å². The Balaban J connectivity index is 1.21. The van der Waals surface area contributed by atoms with Gasteiger partial charge in [-0.2, -0.15) is 0 Å². The van der Waals surface area contributed by atoms with Crippen LogP contribution in [0.3, 0.4) is 0 Å². The number of hydrogen-bond donors (Lipinski definition) is 0. The van der Waals surface area contributed by atoms with Gasteiger partial charge < -0.3 is 0 Å². The monoisotopic (exact) mass is 667 g/mol. The third-order valence-corrected chi connectivity index (χ3v) is 10.9. The van der Waals surface area contributed by atoms with Crippen LogP contribution in [0.25, 0.3) is 98.1 Å². The second kappa shape index (κ2) is 12.1. The standard InChI is InChI=1S/C47H29N3S/c1-3-15-31(16-4-1)40-29-41(50-47(49-40)32-17-5-2-6-18-32)33-20-11-21-34(28-33)45-44-38-23-9-10-27-42(38)51-46(44)43-37(25-13-26-39(43)48-45)36-24-12-19-30-14-7-8-22-35(30)36/h1-29H. The highest BCUT2D eigenvalue weighted by molar-refractivity contribution is 7.26. The van der Waals surface area contributed by atoms with Crippen LogP contribution in [0.5, 0.6) is 0 Å². The molecule has 10 aromatic rings. The van der Waals surface area contributed by atoms with Gasteiger partial charge in [0.2, 0.25) is 0 Å². The third-order valence-electron chi connectivity index (χ3n) is 9.67. The van der Waals surface area contributed by atoms with E-state index in [1.165, 1.54) is 47.5 Å². The molecule has 0 unspecified atom stereocenters. The molecule has 7 aromatic carbocycles. The van der Waals surface area contributed by atoms with Gasteiger partial charge in [0.05, 0.1) is 22.6 Å². The number of hydrogen-bond acceptors (Lipinski definition) is 4. The summed E-state index contributed by atoms with van der Waals surface area (Å²) in [6.07, 6.45) is 0. The van der Waals surface area contributed by atoms with Gasteiger partial charge in [0.25, 0.3) is 0 Å². The molecule has 0 atom stereocenters. The Bertz CT molecular complexity index is 2850. The quantitative estimate of drug-likeness (QED) is 0.183. The second-order valence-corrected chi connectivity index (χ2v) is 13.8. The first-order valence-electron chi connectivity index (χ1n) is 17.1. The molecule has 0 radical (unpaired) electrons. The molecule has 0 saturated carbocycles. The zero-order valence-electron chi connectivity index (χ0n) is 27.5. The fourth-order valence-corrected chi connectivity index (χ4v) is 8.56. The maximum atomic E-state index is 5.50. The Hall–Kier alpha value is -6.49. The number of fused-ring (bicyclic) bond motifs is 6. The van der Waals surface area contributed by atoms with E-state index in [1.54, 1.807) is 0 Å². The molecule has 0 N–H and O–H groups in total. The molecule has 238 valence electrons. The van der Waals surface area contributed by atoms with Gasteiger partial charge in [0.1, 0.15) is 0 Å². The summed E-state index contributed by atoms with van der Waals surface area (Å²) in [6, 6.07) is 61.8. The Kier molecular flexibility index (Phi) is 7.00. The highest BCUT2D eigenvalue weighted by Gasteiger charge is 2.20. The zero-order valence-corrected chi connectivity index (χ0v) is 28.3. The molecule has 0 aliphatic heterocycles. The summed E-state index contributed by atoms with van der Waals surface area (Å²) in [6.45, 7) is 0. The van der Waals surface area contributed by atoms with E-state index in [1.807, 2.05) is 47.7 Å². The van der Waals surface area contributed by atoms with Crippen LogP contribution < -0.4 is 0 Å². The van der Waals surface area contributed by atoms with Crippen molar-refractivity contribution in [1.29, 1.82) is 0 Å². The molecule has 0 bridgehead atoms. The number of benzene rings is 7. The molecular formula is C47H29N3S. The van der Waals surface area contributed by atoms with Crippen LogP contribution in [-0.4, -0.2) is 15.0 Å². The first-order valence-corrected chi connectivity index (χ1v) is 17.9. The lowest BCUT2D eigenvalue weighted by molar-refractivity contribution is 1.18. The minimum absolute atomic E-state index is 0.702. The molecule has 4 heteroatoms. The number of nitrogens with zero attached hydrogens (tertiary/aromatic N) is 3. The van der Waals surface area contributed by atoms with E-state index in [4.69, 9.17) is 15.0 Å². The van der Waals surface area contributed by atoms with Crippen molar-refractivity contribution in [3.05, 3.63) is 176 Å². The van der Waals surface area contributed by atoms with E-state index in [0.29, 0.717) is 5.82 Å². The molecular weight excluding hydrogens is 639 g/mol. The van der Waals surface area contributed by atoms with Crippen molar-refractivity contribution in [2.24, 2.45) is 0 Å².